The normalized spacial score (nSPS) is 14.0. The fourth-order valence-electron chi connectivity index (χ4n) is 6.07. The van der Waals surface area contributed by atoms with E-state index < -0.39 is 0 Å². The van der Waals surface area contributed by atoms with E-state index in [0.29, 0.717) is 36.9 Å². The predicted molar refractivity (Wildman–Crippen MR) is 176 cm³/mol. The first-order valence-electron chi connectivity index (χ1n) is 15.5. The Hall–Kier alpha value is -4.90. The maximum Gasteiger partial charge on any atom is 0.257 e. The number of fused-ring (bicyclic) bond motifs is 3. The van der Waals surface area contributed by atoms with Gasteiger partial charge in [0.05, 0.1) is 24.9 Å². The van der Waals surface area contributed by atoms with E-state index in [0.717, 1.165) is 77.7 Å². The van der Waals surface area contributed by atoms with Gasteiger partial charge in [0.1, 0.15) is 11.6 Å². The van der Waals surface area contributed by atoms with E-state index >= 15 is 0 Å². The molecule has 4 heterocycles. The van der Waals surface area contributed by atoms with Crippen LogP contribution < -0.4 is 25.6 Å². The number of ether oxygens (including phenoxy) is 1. The summed E-state index contributed by atoms with van der Waals surface area (Å²) in [5.74, 6) is 1.89. The molecule has 1 fully saturated rings. The average molecular weight is 609 g/mol. The van der Waals surface area contributed by atoms with Gasteiger partial charge < -0.3 is 35.1 Å². The van der Waals surface area contributed by atoms with Gasteiger partial charge in [-0.05, 0) is 62.6 Å². The molecule has 2 aromatic heterocycles. The Balaban J connectivity index is 1.17. The second-order valence-corrected chi connectivity index (χ2v) is 11.5. The highest BCUT2D eigenvalue weighted by Gasteiger charge is 2.25. The highest BCUT2D eigenvalue weighted by molar-refractivity contribution is 6.06. The van der Waals surface area contributed by atoms with Gasteiger partial charge in [0.25, 0.3) is 5.91 Å². The van der Waals surface area contributed by atoms with Crippen molar-refractivity contribution < 1.29 is 14.3 Å². The number of hydrogen-bond donors (Lipinski definition) is 3. The number of methoxy groups -OCH3 is 1. The van der Waals surface area contributed by atoms with Crippen LogP contribution in [0.25, 0.3) is 5.82 Å². The molecule has 2 aromatic carbocycles. The van der Waals surface area contributed by atoms with Crippen molar-refractivity contribution in [2.45, 2.75) is 33.6 Å². The van der Waals surface area contributed by atoms with Crippen molar-refractivity contribution in [3.63, 3.8) is 0 Å². The lowest BCUT2D eigenvalue weighted by molar-refractivity contribution is -0.130. The lowest BCUT2D eigenvalue weighted by Crippen LogP contribution is -2.50. The minimum Gasteiger partial charge on any atom is -0.494 e. The van der Waals surface area contributed by atoms with E-state index in [1.807, 2.05) is 85.1 Å². The number of aromatic nitrogens is 3. The second kappa shape index (κ2) is 13.0. The van der Waals surface area contributed by atoms with Gasteiger partial charge in [-0.3, -0.25) is 9.59 Å². The number of carbonyl (C=O) groups is 2. The molecule has 11 heteroatoms. The van der Waals surface area contributed by atoms with Crippen LogP contribution >= 0.6 is 0 Å². The Morgan fingerprint density at radius 1 is 1.00 bits per heavy atom. The van der Waals surface area contributed by atoms with E-state index in [1.54, 1.807) is 7.11 Å². The molecule has 1 saturated heterocycles. The molecule has 0 radical (unpaired) electrons. The molecule has 0 atom stereocenters. The number of carbonyl (C=O) groups excluding carboxylic acids is 2. The highest BCUT2D eigenvalue weighted by atomic mass is 16.5. The van der Waals surface area contributed by atoms with Gasteiger partial charge in [-0.1, -0.05) is 25.1 Å². The molecule has 3 N–H and O–H groups in total. The quantitative estimate of drug-likeness (QED) is 0.258. The summed E-state index contributed by atoms with van der Waals surface area (Å²) in [6.07, 6.45) is 5.22. The van der Waals surface area contributed by atoms with Crippen LogP contribution in [0.1, 0.15) is 39.7 Å². The van der Waals surface area contributed by atoms with Crippen molar-refractivity contribution in [2.24, 2.45) is 0 Å². The summed E-state index contributed by atoms with van der Waals surface area (Å²) in [7, 11) is 1.65. The number of amides is 2. The van der Waals surface area contributed by atoms with E-state index in [1.165, 1.54) is 0 Å². The summed E-state index contributed by atoms with van der Waals surface area (Å²) in [4.78, 5) is 39.4. The Bertz CT molecular complexity index is 1700. The number of likely N-dealkylation sites (N-methyl/N-ethyl adjacent to an activating group) is 1. The molecule has 0 spiro atoms. The van der Waals surface area contributed by atoms with E-state index in [-0.39, 0.29) is 11.8 Å². The third-order valence-corrected chi connectivity index (χ3v) is 8.61. The third kappa shape index (κ3) is 6.21. The molecule has 6 rings (SSSR count). The van der Waals surface area contributed by atoms with E-state index in [9.17, 15) is 9.59 Å². The first kappa shape index (κ1) is 30.1. The smallest absolute Gasteiger partial charge is 0.257 e. The average Bonchev–Trinajstić information content (AvgIpc) is 3.50. The molecule has 4 aromatic rings. The summed E-state index contributed by atoms with van der Waals surface area (Å²) in [6, 6.07) is 13.9. The zero-order chi connectivity index (χ0) is 31.5. The summed E-state index contributed by atoms with van der Waals surface area (Å²) in [6.45, 7) is 10.0. The maximum atomic E-state index is 13.4. The largest absolute Gasteiger partial charge is 0.494 e. The van der Waals surface area contributed by atoms with Crippen LogP contribution in [0, 0.1) is 13.8 Å². The summed E-state index contributed by atoms with van der Waals surface area (Å²) in [5.41, 5.74) is 7.30. The monoisotopic (exact) mass is 608 g/mol. The van der Waals surface area contributed by atoms with Crippen LogP contribution in [0.15, 0.2) is 54.9 Å². The van der Waals surface area contributed by atoms with Crippen molar-refractivity contribution in [1.29, 1.82) is 0 Å². The van der Waals surface area contributed by atoms with Crippen LogP contribution in [0.4, 0.5) is 23.0 Å². The minimum absolute atomic E-state index is 0.122. The molecule has 2 aliphatic heterocycles. The fraction of sp³-hybridized carbons (Fsp3) is 0.353. The molecule has 0 bridgehead atoms. The Labute approximate surface area is 263 Å². The second-order valence-electron chi connectivity index (χ2n) is 11.5. The van der Waals surface area contributed by atoms with E-state index in [2.05, 4.69) is 25.8 Å². The van der Waals surface area contributed by atoms with Crippen molar-refractivity contribution in [2.75, 3.05) is 61.9 Å². The van der Waals surface area contributed by atoms with Gasteiger partial charge in [0.2, 0.25) is 11.9 Å². The minimum atomic E-state index is -0.122. The Morgan fingerprint density at radius 3 is 2.51 bits per heavy atom. The molecule has 0 aliphatic carbocycles. The Morgan fingerprint density at radius 2 is 1.78 bits per heavy atom. The van der Waals surface area contributed by atoms with Gasteiger partial charge in [0.15, 0.2) is 0 Å². The number of hydrogen-bond acceptors (Lipinski definition) is 8. The lowest BCUT2D eigenvalue weighted by atomic mass is 10.0. The number of para-hydroxylation sites is 1. The van der Waals surface area contributed by atoms with Gasteiger partial charge in [-0.25, -0.2) is 4.98 Å². The van der Waals surface area contributed by atoms with Gasteiger partial charge in [-0.15, -0.1) is 0 Å². The number of anilines is 4. The number of piperazine rings is 1. The maximum absolute atomic E-state index is 13.4. The SMILES string of the molecule is CCNCC(=O)N1CCN(c2ccc(Nc3ncc4c(n3)-n3ccc(C(=O)Nc5c(C)cccc5C)c3CC4)c(OC)c2)CC1. The zero-order valence-corrected chi connectivity index (χ0v) is 26.3. The standard InChI is InChI=1S/C34H40N8O3/c1-5-35-21-30(43)41-17-15-40(16-18-41)25-10-11-27(29(19-25)45-4)37-34-36-20-24-9-12-28-26(13-14-42(28)32(24)39-34)33(44)38-31-22(2)7-6-8-23(31)3/h6-8,10-11,13-14,19-20,35H,5,9,12,15-18,21H2,1-4H3,(H,38,44)(H,36,37,39). The van der Waals surface area contributed by atoms with Gasteiger partial charge in [0, 0.05) is 67.3 Å². The van der Waals surface area contributed by atoms with Crippen molar-refractivity contribution in [3.8, 4) is 11.6 Å². The molecule has 0 saturated carbocycles. The van der Waals surface area contributed by atoms with Crippen molar-refractivity contribution in [1.82, 2.24) is 24.8 Å². The molecule has 0 unspecified atom stereocenters. The van der Waals surface area contributed by atoms with Gasteiger partial charge >= 0.3 is 0 Å². The molecule has 2 amide bonds. The van der Waals surface area contributed by atoms with Crippen LogP contribution in [-0.2, 0) is 17.6 Å². The fourth-order valence-corrected chi connectivity index (χ4v) is 6.07. The third-order valence-electron chi connectivity index (χ3n) is 8.61. The molecule has 11 nitrogen and oxygen atoms in total. The number of rotatable bonds is 9. The summed E-state index contributed by atoms with van der Waals surface area (Å²) in [5, 5.41) is 9.56. The Kier molecular flexibility index (Phi) is 8.70. The number of benzene rings is 2. The van der Waals surface area contributed by atoms with Crippen LogP contribution in [0.5, 0.6) is 5.75 Å². The predicted octanol–water partition coefficient (Wildman–Crippen LogP) is 4.25. The van der Waals surface area contributed by atoms with Crippen LogP contribution in [-0.4, -0.2) is 77.6 Å². The lowest BCUT2D eigenvalue weighted by Gasteiger charge is -2.36. The summed E-state index contributed by atoms with van der Waals surface area (Å²) >= 11 is 0. The van der Waals surface area contributed by atoms with Crippen molar-refractivity contribution >= 4 is 34.8 Å². The molecular weight excluding hydrogens is 568 g/mol. The van der Waals surface area contributed by atoms with Crippen LogP contribution in [0.3, 0.4) is 0 Å². The topological polar surface area (TPSA) is 117 Å². The van der Waals surface area contributed by atoms with Gasteiger partial charge in [-0.2, -0.15) is 4.98 Å². The van der Waals surface area contributed by atoms with Crippen LogP contribution in [0.2, 0.25) is 0 Å². The molecule has 45 heavy (non-hydrogen) atoms. The number of nitrogens with one attached hydrogen (secondary N) is 3. The first-order valence-corrected chi connectivity index (χ1v) is 15.5. The van der Waals surface area contributed by atoms with E-state index in [4.69, 9.17) is 9.72 Å². The molecular formula is C34H40N8O3. The first-order chi connectivity index (χ1) is 21.9. The zero-order valence-electron chi connectivity index (χ0n) is 26.3. The number of aryl methyl sites for hydroxylation is 3. The van der Waals surface area contributed by atoms with Crippen molar-refractivity contribution in [3.05, 3.63) is 82.8 Å². The molecule has 234 valence electrons. The molecule has 2 aliphatic rings. The summed E-state index contributed by atoms with van der Waals surface area (Å²) < 4.78 is 7.74. The highest BCUT2D eigenvalue weighted by Crippen LogP contribution is 2.33. The number of nitrogens with zero attached hydrogens (tertiary/aromatic N) is 5.